The van der Waals surface area contributed by atoms with Gasteiger partial charge in [-0.3, -0.25) is 9.88 Å². The fourth-order valence-corrected chi connectivity index (χ4v) is 3.36. The highest BCUT2D eigenvalue weighted by Gasteiger charge is 2.16. The van der Waals surface area contributed by atoms with E-state index in [1.54, 1.807) is 4.88 Å². The number of rotatable bonds is 5. The van der Waals surface area contributed by atoms with Crippen LogP contribution in [-0.4, -0.2) is 29.5 Å². The van der Waals surface area contributed by atoms with Gasteiger partial charge in [-0.1, -0.05) is 6.07 Å². The van der Waals surface area contributed by atoms with Gasteiger partial charge in [0.2, 0.25) is 0 Å². The molecule has 3 rings (SSSR count). The molecule has 19 heavy (non-hydrogen) atoms. The van der Waals surface area contributed by atoms with Gasteiger partial charge in [-0.05, 0) is 35.1 Å². The van der Waals surface area contributed by atoms with Crippen LogP contribution in [0.15, 0.2) is 36.0 Å². The summed E-state index contributed by atoms with van der Waals surface area (Å²) >= 11 is 1.90. The summed E-state index contributed by atoms with van der Waals surface area (Å²) in [7, 11) is 0. The molecule has 1 aliphatic heterocycles. The zero-order chi connectivity index (χ0) is 12.9. The van der Waals surface area contributed by atoms with Crippen molar-refractivity contribution in [1.29, 1.82) is 0 Å². The molecule has 0 fully saturated rings. The van der Waals surface area contributed by atoms with Crippen LogP contribution >= 0.6 is 11.3 Å². The summed E-state index contributed by atoms with van der Waals surface area (Å²) in [6.07, 6.45) is 4.96. The second-order valence-corrected chi connectivity index (χ2v) is 5.93. The van der Waals surface area contributed by atoms with Crippen molar-refractivity contribution in [1.82, 2.24) is 15.2 Å². The molecule has 0 aromatic carbocycles. The number of nitrogens with zero attached hydrogens (tertiary/aromatic N) is 2. The van der Waals surface area contributed by atoms with Crippen LogP contribution in [-0.2, 0) is 19.5 Å². The first-order chi connectivity index (χ1) is 9.42. The monoisotopic (exact) mass is 273 g/mol. The molecule has 1 N–H and O–H groups in total. The summed E-state index contributed by atoms with van der Waals surface area (Å²) < 4.78 is 0. The van der Waals surface area contributed by atoms with E-state index in [4.69, 9.17) is 0 Å². The number of nitrogens with one attached hydrogen (secondary N) is 1. The lowest BCUT2D eigenvalue weighted by Gasteiger charge is -2.26. The van der Waals surface area contributed by atoms with Crippen molar-refractivity contribution in [2.75, 3.05) is 19.6 Å². The topological polar surface area (TPSA) is 28.2 Å². The van der Waals surface area contributed by atoms with Crippen molar-refractivity contribution in [2.45, 2.75) is 19.5 Å². The standard InChI is InChI=1S/C15H19N3S/c1-2-13(10-16-5-1)11-17-6-8-18-7-3-15-14(12-18)4-9-19-15/h1-2,4-5,9-10,17H,3,6-8,11-12H2. The zero-order valence-electron chi connectivity index (χ0n) is 11.0. The van der Waals surface area contributed by atoms with E-state index in [1.165, 1.54) is 24.1 Å². The Morgan fingerprint density at radius 2 is 2.37 bits per heavy atom. The van der Waals surface area contributed by atoms with Crippen molar-refractivity contribution in [2.24, 2.45) is 0 Å². The van der Waals surface area contributed by atoms with Gasteiger partial charge in [0, 0.05) is 50.0 Å². The van der Waals surface area contributed by atoms with Crippen LogP contribution in [0.25, 0.3) is 0 Å². The van der Waals surface area contributed by atoms with Crippen LogP contribution in [0.1, 0.15) is 16.0 Å². The smallest absolute Gasteiger partial charge is 0.0312 e. The first kappa shape index (κ1) is 12.8. The average molecular weight is 273 g/mol. The number of aromatic nitrogens is 1. The summed E-state index contributed by atoms with van der Waals surface area (Å²) in [5.74, 6) is 0. The summed E-state index contributed by atoms with van der Waals surface area (Å²) in [6.45, 7) is 5.38. The van der Waals surface area contributed by atoms with Gasteiger partial charge in [-0.2, -0.15) is 0 Å². The second-order valence-electron chi connectivity index (χ2n) is 4.93. The predicted octanol–water partition coefficient (Wildman–Crippen LogP) is 2.29. The van der Waals surface area contributed by atoms with Crippen molar-refractivity contribution in [3.8, 4) is 0 Å². The van der Waals surface area contributed by atoms with Crippen molar-refractivity contribution in [3.63, 3.8) is 0 Å². The van der Waals surface area contributed by atoms with Gasteiger partial charge in [0.25, 0.3) is 0 Å². The third-order valence-electron chi connectivity index (χ3n) is 3.54. The fraction of sp³-hybridized carbons (Fsp3) is 0.400. The van der Waals surface area contributed by atoms with Crippen LogP contribution < -0.4 is 5.32 Å². The Labute approximate surface area is 118 Å². The molecule has 0 radical (unpaired) electrons. The number of fused-ring (bicyclic) bond motifs is 1. The van der Waals surface area contributed by atoms with Gasteiger partial charge in [0.15, 0.2) is 0 Å². The zero-order valence-corrected chi connectivity index (χ0v) is 11.8. The predicted molar refractivity (Wildman–Crippen MR) is 79.2 cm³/mol. The number of pyridine rings is 1. The quantitative estimate of drug-likeness (QED) is 0.847. The average Bonchev–Trinajstić information content (AvgIpc) is 2.92. The molecule has 0 amide bonds. The molecule has 0 saturated heterocycles. The SMILES string of the molecule is c1cncc(CNCCN2CCc3sccc3C2)c1. The molecule has 0 atom stereocenters. The molecular formula is C15H19N3S. The van der Waals surface area contributed by atoms with E-state index in [1.807, 2.05) is 29.8 Å². The highest BCUT2D eigenvalue weighted by molar-refractivity contribution is 7.10. The van der Waals surface area contributed by atoms with Crippen molar-refractivity contribution >= 4 is 11.3 Å². The molecule has 0 bridgehead atoms. The maximum Gasteiger partial charge on any atom is 0.0312 e. The first-order valence-electron chi connectivity index (χ1n) is 6.79. The highest BCUT2D eigenvalue weighted by Crippen LogP contribution is 2.23. The largest absolute Gasteiger partial charge is 0.311 e. The van der Waals surface area contributed by atoms with E-state index in [0.29, 0.717) is 0 Å². The molecule has 0 aliphatic carbocycles. The third-order valence-corrected chi connectivity index (χ3v) is 4.57. The Hall–Kier alpha value is -1.23. The molecule has 2 aromatic rings. The van der Waals surface area contributed by atoms with Crippen LogP contribution in [0.5, 0.6) is 0 Å². The summed E-state index contributed by atoms with van der Waals surface area (Å²) in [4.78, 5) is 8.24. The normalized spacial score (nSPS) is 15.4. The van der Waals surface area contributed by atoms with Crippen LogP contribution in [0.3, 0.4) is 0 Å². The molecule has 1 aliphatic rings. The lowest BCUT2D eigenvalue weighted by atomic mass is 10.1. The summed E-state index contributed by atoms with van der Waals surface area (Å²) in [6, 6.07) is 6.37. The maximum absolute atomic E-state index is 4.12. The molecule has 3 heterocycles. The van der Waals surface area contributed by atoms with Crippen LogP contribution in [0.2, 0.25) is 0 Å². The molecule has 4 heteroatoms. The minimum absolute atomic E-state index is 0.908. The van der Waals surface area contributed by atoms with Gasteiger partial charge in [-0.25, -0.2) is 0 Å². The molecule has 2 aromatic heterocycles. The Balaban J connectivity index is 1.40. The molecule has 100 valence electrons. The molecule has 0 spiro atoms. The lowest BCUT2D eigenvalue weighted by Crippen LogP contribution is -2.35. The number of hydrogen-bond donors (Lipinski definition) is 1. The Bertz CT molecular complexity index is 509. The summed E-state index contributed by atoms with van der Waals surface area (Å²) in [5.41, 5.74) is 2.78. The minimum atomic E-state index is 0.908. The lowest BCUT2D eigenvalue weighted by molar-refractivity contribution is 0.255. The fourth-order valence-electron chi connectivity index (χ4n) is 2.47. The van der Waals surface area contributed by atoms with Gasteiger partial charge < -0.3 is 5.32 Å². The van der Waals surface area contributed by atoms with Gasteiger partial charge in [-0.15, -0.1) is 11.3 Å². The van der Waals surface area contributed by atoms with E-state index in [9.17, 15) is 0 Å². The molecule has 3 nitrogen and oxygen atoms in total. The van der Waals surface area contributed by atoms with E-state index in [2.05, 4.69) is 32.7 Å². The van der Waals surface area contributed by atoms with E-state index in [0.717, 1.165) is 26.2 Å². The molecular weight excluding hydrogens is 254 g/mol. The van der Waals surface area contributed by atoms with Crippen LogP contribution in [0, 0.1) is 0 Å². The number of thiophene rings is 1. The van der Waals surface area contributed by atoms with Crippen molar-refractivity contribution < 1.29 is 0 Å². The molecule has 0 saturated carbocycles. The van der Waals surface area contributed by atoms with Crippen molar-refractivity contribution in [3.05, 3.63) is 52.0 Å². The van der Waals surface area contributed by atoms with E-state index >= 15 is 0 Å². The van der Waals surface area contributed by atoms with Gasteiger partial charge >= 0.3 is 0 Å². The Kier molecular flexibility index (Phi) is 4.23. The van der Waals surface area contributed by atoms with E-state index < -0.39 is 0 Å². The van der Waals surface area contributed by atoms with Crippen LogP contribution in [0.4, 0.5) is 0 Å². The highest BCUT2D eigenvalue weighted by atomic mass is 32.1. The first-order valence-corrected chi connectivity index (χ1v) is 7.67. The second kappa shape index (κ2) is 6.28. The maximum atomic E-state index is 4.12. The molecule has 0 unspecified atom stereocenters. The minimum Gasteiger partial charge on any atom is -0.311 e. The Morgan fingerprint density at radius 3 is 3.26 bits per heavy atom. The Morgan fingerprint density at radius 1 is 1.37 bits per heavy atom. The summed E-state index contributed by atoms with van der Waals surface area (Å²) in [5, 5.41) is 5.70. The number of hydrogen-bond acceptors (Lipinski definition) is 4. The third kappa shape index (κ3) is 3.41. The van der Waals surface area contributed by atoms with E-state index in [-0.39, 0.29) is 0 Å². The van der Waals surface area contributed by atoms with Gasteiger partial charge in [0.05, 0.1) is 0 Å². The van der Waals surface area contributed by atoms with Gasteiger partial charge in [0.1, 0.15) is 0 Å².